The molecule has 0 saturated carbocycles. The molecule has 0 aliphatic heterocycles. The largest absolute Gasteiger partial charge is 0.398 e. The van der Waals surface area contributed by atoms with Crippen LogP contribution in [0.2, 0.25) is 0 Å². The predicted molar refractivity (Wildman–Crippen MR) is 69.7 cm³/mol. The van der Waals surface area contributed by atoms with Crippen LogP contribution in [-0.4, -0.2) is 9.97 Å². The predicted octanol–water partition coefficient (Wildman–Crippen LogP) is 1.85. The molecule has 0 fully saturated rings. The zero-order valence-electron chi connectivity index (χ0n) is 10.0. The first-order valence-electron chi connectivity index (χ1n) is 5.50. The molecule has 5 nitrogen and oxygen atoms in total. The maximum absolute atomic E-state index is 8.88. The summed E-state index contributed by atoms with van der Waals surface area (Å²) in [5.74, 6) is 0. The van der Waals surface area contributed by atoms with Gasteiger partial charge >= 0.3 is 0 Å². The van der Waals surface area contributed by atoms with Crippen molar-refractivity contribution in [1.29, 1.82) is 5.26 Å². The van der Waals surface area contributed by atoms with Crippen molar-refractivity contribution >= 4 is 11.4 Å². The van der Waals surface area contributed by atoms with Gasteiger partial charge in [0.05, 0.1) is 29.7 Å². The molecular weight excluding hydrogens is 226 g/mol. The molecule has 18 heavy (non-hydrogen) atoms. The molecule has 0 aliphatic rings. The van der Waals surface area contributed by atoms with E-state index in [0.29, 0.717) is 17.8 Å². The lowest BCUT2D eigenvalue weighted by molar-refractivity contribution is 0.984. The molecule has 2 aromatic rings. The number of nitrogens with zero attached hydrogens (tertiary/aromatic N) is 3. The molecule has 0 bridgehead atoms. The number of nitrogens with one attached hydrogen (secondary N) is 1. The van der Waals surface area contributed by atoms with Crippen molar-refractivity contribution in [2.75, 3.05) is 11.1 Å². The lowest BCUT2D eigenvalue weighted by Gasteiger charge is -2.07. The number of nitrogens with two attached hydrogens (primary N) is 1. The molecule has 1 heterocycles. The van der Waals surface area contributed by atoms with Crippen molar-refractivity contribution < 1.29 is 0 Å². The number of nitriles is 1. The number of aryl methyl sites for hydroxylation is 1. The van der Waals surface area contributed by atoms with Gasteiger partial charge in [0.15, 0.2) is 0 Å². The number of anilines is 2. The Morgan fingerprint density at radius 1 is 1.33 bits per heavy atom. The third kappa shape index (κ3) is 2.74. The van der Waals surface area contributed by atoms with E-state index in [-0.39, 0.29) is 0 Å². The molecule has 0 amide bonds. The summed E-state index contributed by atoms with van der Waals surface area (Å²) in [6, 6.07) is 7.31. The second-order valence-corrected chi connectivity index (χ2v) is 3.92. The van der Waals surface area contributed by atoms with Crippen LogP contribution in [0.15, 0.2) is 30.6 Å². The van der Waals surface area contributed by atoms with Crippen molar-refractivity contribution in [3.8, 4) is 6.07 Å². The topological polar surface area (TPSA) is 87.6 Å². The highest BCUT2D eigenvalue weighted by molar-refractivity contribution is 5.61. The highest BCUT2D eigenvalue weighted by Crippen LogP contribution is 2.17. The molecule has 1 aromatic carbocycles. The minimum Gasteiger partial charge on any atom is -0.398 e. The van der Waals surface area contributed by atoms with Crippen LogP contribution < -0.4 is 11.1 Å². The second-order valence-electron chi connectivity index (χ2n) is 3.92. The average Bonchev–Trinajstić information content (AvgIpc) is 2.39. The molecule has 0 unspecified atom stereocenters. The number of aromatic nitrogens is 2. The van der Waals surface area contributed by atoms with E-state index in [2.05, 4.69) is 15.3 Å². The van der Waals surface area contributed by atoms with Gasteiger partial charge in [-0.15, -0.1) is 0 Å². The van der Waals surface area contributed by atoms with Crippen molar-refractivity contribution in [2.24, 2.45) is 0 Å². The van der Waals surface area contributed by atoms with Crippen LogP contribution in [0.3, 0.4) is 0 Å². The van der Waals surface area contributed by atoms with Crippen molar-refractivity contribution in [3.05, 3.63) is 47.5 Å². The van der Waals surface area contributed by atoms with E-state index in [9.17, 15) is 0 Å². The first-order valence-corrected chi connectivity index (χ1v) is 5.50. The number of hydrogen-bond donors (Lipinski definition) is 2. The Balaban J connectivity index is 2.06. The maximum Gasteiger partial charge on any atom is 0.101 e. The molecule has 90 valence electrons. The summed E-state index contributed by atoms with van der Waals surface area (Å²) < 4.78 is 0. The third-order valence-electron chi connectivity index (χ3n) is 2.48. The fourth-order valence-corrected chi connectivity index (χ4v) is 1.47. The van der Waals surface area contributed by atoms with Gasteiger partial charge in [-0.25, -0.2) is 0 Å². The van der Waals surface area contributed by atoms with E-state index in [4.69, 9.17) is 11.0 Å². The van der Waals surface area contributed by atoms with Crippen LogP contribution in [0.25, 0.3) is 0 Å². The van der Waals surface area contributed by atoms with E-state index in [0.717, 1.165) is 17.1 Å². The Bertz CT molecular complexity index is 583. The van der Waals surface area contributed by atoms with Crippen LogP contribution in [0, 0.1) is 18.3 Å². The number of rotatable bonds is 3. The molecule has 0 spiro atoms. The molecule has 0 aliphatic carbocycles. The molecule has 5 heteroatoms. The van der Waals surface area contributed by atoms with Crippen molar-refractivity contribution in [2.45, 2.75) is 13.5 Å². The normalized spacial score (nSPS) is 9.78. The summed E-state index contributed by atoms with van der Waals surface area (Å²) in [5.41, 5.74) is 9.17. The van der Waals surface area contributed by atoms with Gasteiger partial charge in [0.25, 0.3) is 0 Å². The molecular formula is C13H13N5. The maximum atomic E-state index is 8.88. The lowest BCUT2D eigenvalue weighted by atomic mass is 10.2. The van der Waals surface area contributed by atoms with Crippen LogP contribution >= 0.6 is 0 Å². The summed E-state index contributed by atoms with van der Waals surface area (Å²) in [6.45, 7) is 2.45. The molecule has 1 aromatic heterocycles. The van der Waals surface area contributed by atoms with E-state index in [1.807, 2.05) is 19.1 Å². The quantitative estimate of drug-likeness (QED) is 0.798. The van der Waals surface area contributed by atoms with Crippen LogP contribution in [0.4, 0.5) is 11.4 Å². The van der Waals surface area contributed by atoms with E-state index >= 15 is 0 Å². The average molecular weight is 239 g/mol. The molecule has 0 radical (unpaired) electrons. The first-order chi connectivity index (χ1) is 8.69. The fourth-order valence-electron chi connectivity index (χ4n) is 1.47. The van der Waals surface area contributed by atoms with Gasteiger partial charge in [-0.05, 0) is 25.1 Å². The standard InChI is InChI=1S/C13H13N5/c1-9-6-17-12(7-16-9)8-18-11-2-3-13(15)10(4-11)5-14/h2-4,6-7,18H,8,15H2,1H3. The Hall–Kier alpha value is -2.61. The summed E-state index contributed by atoms with van der Waals surface area (Å²) in [4.78, 5) is 8.40. The van der Waals surface area contributed by atoms with Gasteiger partial charge in [-0.3, -0.25) is 9.97 Å². The Morgan fingerprint density at radius 2 is 2.17 bits per heavy atom. The first kappa shape index (κ1) is 11.9. The van der Waals surface area contributed by atoms with Gasteiger partial charge in [0.1, 0.15) is 6.07 Å². The Kier molecular flexibility index (Phi) is 3.39. The minimum atomic E-state index is 0.468. The van der Waals surface area contributed by atoms with Gasteiger partial charge in [-0.2, -0.15) is 5.26 Å². The summed E-state index contributed by atoms with van der Waals surface area (Å²) in [7, 11) is 0. The smallest absolute Gasteiger partial charge is 0.101 e. The van der Waals surface area contributed by atoms with Gasteiger partial charge in [-0.1, -0.05) is 0 Å². The van der Waals surface area contributed by atoms with E-state index in [1.54, 1.807) is 24.5 Å². The molecule has 0 atom stereocenters. The zero-order chi connectivity index (χ0) is 13.0. The molecule has 3 N–H and O–H groups in total. The zero-order valence-corrected chi connectivity index (χ0v) is 10.0. The van der Waals surface area contributed by atoms with Crippen molar-refractivity contribution in [3.63, 3.8) is 0 Å². The molecule has 0 saturated heterocycles. The second kappa shape index (κ2) is 5.15. The summed E-state index contributed by atoms with van der Waals surface area (Å²) in [5, 5.41) is 12.1. The van der Waals surface area contributed by atoms with Gasteiger partial charge in [0, 0.05) is 17.6 Å². The number of benzene rings is 1. The molecule has 2 rings (SSSR count). The van der Waals surface area contributed by atoms with Gasteiger partial charge in [0.2, 0.25) is 0 Å². The fraction of sp³-hybridized carbons (Fsp3) is 0.154. The third-order valence-corrected chi connectivity index (χ3v) is 2.48. The number of nitrogen functional groups attached to an aromatic ring is 1. The highest BCUT2D eigenvalue weighted by Gasteiger charge is 2.01. The van der Waals surface area contributed by atoms with E-state index in [1.165, 1.54) is 0 Å². The summed E-state index contributed by atoms with van der Waals surface area (Å²) in [6.07, 6.45) is 3.45. The number of hydrogen-bond acceptors (Lipinski definition) is 5. The van der Waals surface area contributed by atoms with Crippen LogP contribution in [0.1, 0.15) is 17.0 Å². The minimum absolute atomic E-state index is 0.468. The van der Waals surface area contributed by atoms with Gasteiger partial charge < -0.3 is 11.1 Å². The van der Waals surface area contributed by atoms with Crippen LogP contribution in [-0.2, 0) is 6.54 Å². The lowest BCUT2D eigenvalue weighted by Crippen LogP contribution is -2.03. The Labute approximate surface area is 105 Å². The SMILES string of the molecule is Cc1cnc(CNc2ccc(N)c(C#N)c2)cn1. The monoisotopic (exact) mass is 239 g/mol. The van der Waals surface area contributed by atoms with E-state index < -0.39 is 0 Å². The summed E-state index contributed by atoms with van der Waals surface area (Å²) >= 11 is 0. The Morgan fingerprint density at radius 3 is 2.83 bits per heavy atom. The highest BCUT2D eigenvalue weighted by atomic mass is 14.9. The van der Waals surface area contributed by atoms with Crippen LogP contribution in [0.5, 0.6) is 0 Å². The van der Waals surface area contributed by atoms with Crippen molar-refractivity contribution in [1.82, 2.24) is 9.97 Å².